The minimum atomic E-state index is 0.389. The lowest BCUT2D eigenvalue weighted by atomic mass is 10.2. The van der Waals surface area contributed by atoms with Crippen LogP contribution in [0.15, 0.2) is 42.5 Å². The van der Waals surface area contributed by atoms with Gasteiger partial charge in [0.05, 0.1) is 19.7 Å². The van der Waals surface area contributed by atoms with Gasteiger partial charge in [-0.25, -0.2) is 9.97 Å². The van der Waals surface area contributed by atoms with E-state index in [0.717, 1.165) is 10.9 Å². The first-order chi connectivity index (χ1) is 10.2. The Hall–Kier alpha value is -2.33. The molecule has 4 nitrogen and oxygen atoms in total. The molecule has 21 heavy (non-hydrogen) atoms. The molecule has 0 spiro atoms. The molecule has 0 bridgehead atoms. The Labute approximate surface area is 127 Å². The predicted molar refractivity (Wildman–Crippen MR) is 83.1 cm³/mol. The summed E-state index contributed by atoms with van der Waals surface area (Å²) in [6.45, 7) is 0. The normalized spacial score (nSPS) is 10.6. The largest absolute Gasteiger partial charge is 0.493 e. The van der Waals surface area contributed by atoms with Gasteiger partial charge in [0.15, 0.2) is 17.3 Å². The van der Waals surface area contributed by atoms with Crippen LogP contribution in [0.2, 0.25) is 5.15 Å². The van der Waals surface area contributed by atoms with Gasteiger partial charge in [-0.2, -0.15) is 0 Å². The maximum atomic E-state index is 6.29. The van der Waals surface area contributed by atoms with E-state index in [0.29, 0.717) is 28.0 Å². The van der Waals surface area contributed by atoms with Gasteiger partial charge in [-0.15, -0.1) is 0 Å². The molecule has 0 aliphatic heterocycles. The summed E-state index contributed by atoms with van der Waals surface area (Å²) in [5.74, 6) is 1.79. The van der Waals surface area contributed by atoms with Crippen LogP contribution in [-0.4, -0.2) is 24.2 Å². The number of hydrogen-bond acceptors (Lipinski definition) is 4. The van der Waals surface area contributed by atoms with E-state index in [1.807, 2.05) is 30.3 Å². The van der Waals surface area contributed by atoms with Gasteiger partial charge in [0.25, 0.3) is 0 Å². The zero-order chi connectivity index (χ0) is 14.8. The highest BCUT2D eigenvalue weighted by molar-refractivity contribution is 6.34. The molecule has 1 heterocycles. The Bertz CT molecular complexity index is 791. The maximum absolute atomic E-state index is 6.29. The Balaban J connectivity index is 2.24. The molecule has 5 heteroatoms. The van der Waals surface area contributed by atoms with Crippen LogP contribution in [0.1, 0.15) is 0 Å². The smallest absolute Gasteiger partial charge is 0.162 e. The lowest BCUT2D eigenvalue weighted by Gasteiger charge is -2.10. The zero-order valence-electron chi connectivity index (χ0n) is 11.6. The molecule has 0 fully saturated rings. The fourth-order valence-corrected chi connectivity index (χ4v) is 2.37. The first kappa shape index (κ1) is 13.6. The lowest BCUT2D eigenvalue weighted by molar-refractivity contribution is 0.356. The highest BCUT2D eigenvalue weighted by Gasteiger charge is 2.12. The summed E-state index contributed by atoms with van der Waals surface area (Å²) in [7, 11) is 3.17. The molecule has 0 radical (unpaired) electrons. The monoisotopic (exact) mass is 300 g/mol. The number of aromatic nitrogens is 2. The Kier molecular flexibility index (Phi) is 3.62. The minimum Gasteiger partial charge on any atom is -0.493 e. The summed E-state index contributed by atoms with van der Waals surface area (Å²) in [6.07, 6.45) is 0. The van der Waals surface area contributed by atoms with E-state index in [2.05, 4.69) is 9.97 Å². The summed E-state index contributed by atoms with van der Waals surface area (Å²) < 4.78 is 10.6. The molecular weight excluding hydrogens is 288 g/mol. The van der Waals surface area contributed by atoms with Crippen molar-refractivity contribution in [2.75, 3.05) is 14.2 Å². The van der Waals surface area contributed by atoms with Gasteiger partial charge in [-0.3, -0.25) is 0 Å². The molecule has 1 aromatic heterocycles. The number of ether oxygens (including phenoxy) is 2. The van der Waals surface area contributed by atoms with Crippen LogP contribution in [0, 0.1) is 0 Å². The number of nitrogens with zero attached hydrogens (tertiary/aromatic N) is 2. The fraction of sp³-hybridized carbons (Fsp3) is 0.125. The molecule has 0 aliphatic rings. The third-order valence-electron chi connectivity index (χ3n) is 3.19. The second-order valence-electron chi connectivity index (χ2n) is 4.43. The van der Waals surface area contributed by atoms with Crippen molar-refractivity contribution in [3.8, 4) is 22.9 Å². The molecule has 2 aromatic carbocycles. The van der Waals surface area contributed by atoms with Crippen molar-refractivity contribution in [1.29, 1.82) is 0 Å². The molecule has 3 rings (SSSR count). The summed E-state index contributed by atoms with van der Waals surface area (Å²) in [5.41, 5.74) is 1.63. The third-order valence-corrected chi connectivity index (χ3v) is 3.47. The Morgan fingerprint density at radius 2 is 1.57 bits per heavy atom. The van der Waals surface area contributed by atoms with Crippen molar-refractivity contribution in [3.05, 3.63) is 47.6 Å². The van der Waals surface area contributed by atoms with Crippen LogP contribution in [-0.2, 0) is 0 Å². The summed E-state index contributed by atoms with van der Waals surface area (Å²) in [4.78, 5) is 8.92. The standard InChI is InChI=1S/C16H13ClN2O2/c1-20-13-8-11-12(9-14(13)21-2)18-16(19-15(11)17)10-6-4-3-5-7-10/h3-9H,1-2H3. The van der Waals surface area contributed by atoms with Crippen LogP contribution in [0.3, 0.4) is 0 Å². The third kappa shape index (κ3) is 2.50. The topological polar surface area (TPSA) is 44.2 Å². The highest BCUT2D eigenvalue weighted by atomic mass is 35.5. The molecule has 0 unspecified atom stereocenters. The molecule has 0 saturated heterocycles. The summed E-state index contributed by atoms with van der Waals surface area (Å²) in [5, 5.41) is 1.12. The van der Waals surface area contributed by atoms with Gasteiger partial charge >= 0.3 is 0 Å². The molecule has 0 amide bonds. The van der Waals surface area contributed by atoms with Crippen molar-refractivity contribution >= 4 is 22.5 Å². The Morgan fingerprint density at radius 1 is 0.905 bits per heavy atom. The number of methoxy groups -OCH3 is 2. The van der Waals surface area contributed by atoms with Crippen LogP contribution >= 0.6 is 11.6 Å². The molecule has 0 N–H and O–H groups in total. The van der Waals surface area contributed by atoms with Crippen LogP contribution in [0.5, 0.6) is 11.5 Å². The second-order valence-corrected chi connectivity index (χ2v) is 4.79. The highest BCUT2D eigenvalue weighted by Crippen LogP contribution is 2.34. The van der Waals surface area contributed by atoms with Crippen molar-refractivity contribution < 1.29 is 9.47 Å². The summed E-state index contributed by atoms with van der Waals surface area (Å²) >= 11 is 6.29. The zero-order valence-corrected chi connectivity index (χ0v) is 12.4. The van der Waals surface area contributed by atoms with Gasteiger partial charge in [-0.05, 0) is 6.07 Å². The van der Waals surface area contributed by atoms with Gasteiger partial charge < -0.3 is 9.47 Å². The van der Waals surface area contributed by atoms with Crippen molar-refractivity contribution in [1.82, 2.24) is 9.97 Å². The number of benzene rings is 2. The number of halogens is 1. The molecule has 106 valence electrons. The van der Waals surface area contributed by atoms with Gasteiger partial charge in [0.1, 0.15) is 5.15 Å². The van der Waals surface area contributed by atoms with Crippen LogP contribution in [0.25, 0.3) is 22.3 Å². The fourth-order valence-electron chi connectivity index (χ4n) is 2.13. The van der Waals surface area contributed by atoms with Gasteiger partial charge in [0, 0.05) is 17.0 Å². The molecule has 0 saturated carbocycles. The first-order valence-electron chi connectivity index (χ1n) is 6.37. The van der Waals surface area contributed by atoms with Gasteiger partial charge in [0.2, 0.25) is 0 Å². The van der Waals surface area contributed by atoms with Crippen molar-refractivity contribution in [2.24, 2.45) is 0 Å². The second kappa shape index (κ2) is 5.58. The number of rotatable bonds is 3. The molecule has 3 aromatic rings. The maximum Gasteiger partial charge on any atom is 0.162 e. The summed E-state index contributed by atoms with van der Waals surface area (Å²) in [6, 6.07) is 13.3. The average molecular weight is 301 g/mol. The van der Waals surface area contributed by atoms with E-state index in [4.69, 9.17) is 21.1 Å². The Morgan fingerprint density at radius 3 is 2.24 bits per heavy atom. The van der Waals surface area contributed by atoms with Crippen LogP contribution in [0.4, 0.5) is 0 Å². The molecule has 0 atom stereocenters. The van der Waals surface area contributed by atoms with E-state index in [9.17, 15) is 0 Å². The van der Waals surface area contributed by atoms with Crippen molar-refractivity contribution in [2.45, 2.75) is 0 Å². The van der Waals surface area contributed by atoms with Crippen molar-refractivity contribution in [3.63, 3.8) is 0 Å². The number of hydrogen-bond donors (Lipinski definition) is 0. The number of fused-ring (bicyclic) bond motifs is 1. The average Bonchev–Trinajstić information content (AvgIpc) is 2.54. The SMILES string of the molecule is COc1cc2nc(-c3ccccc3)nc(Cl)c2cc1OC. The van der Waals surface area contributed by atoms with Crippen LogP contribution < -0.4 is 9.47 Å². The van der Waals surface area contributed by atoms with Gasteiger partial charge in [-0.1, -0.05) is 41.9 Å². The van der Waals surface area contributed by atoms with E-state index in [1.54, 1.807) is 26.4 Å². The molecule has 0 aliphatic carbocycles. The minimum absolute atomic E-state index is 0.389. The first-order valence-corrected chi connectivity index (χ1v) is 6.75. The predicted octanol–water partition coefficient (Wildman–Crippen LogP) is 3.97. The van der Waals surface area contributed by atoms with E-state index in [-0.39, 0.29) is 0 Å². The van der Waals surface area contributed by atoms with E-state index in [1.165, 1.54) is 0 Å². The molecular formula is C16H13ClN2O2. The quantitative estimate of drug-likeness (QED) is 0.687. The lowest BCUT2D eigenvalue weighted by Crippen LogP contribution is -1.95. The van der Waals surface area contributed by atoms with E-state index >= 15 is 0 Å². The van der Waals surface area contributed by atoms with E-state index < -0.39 is 0 Å².